The second kappa shape index (κ2) is 16.2. The van der Waals surface area contributed by atoms with Crippen molar-refractivity contribution in [2.24, 2.45) is 0 Å². The first kappa shape index (κ1) is 40.0. The van der Waals surface area contributed by atoms with E-state index in [0.717, 1.165) is 24.3 Å². The fourth-order valence-electron chi connectivity index (χ4n) is 7.61. The Hall–Kier alpha value is -3.65. The SMILES string of the molecule is CCOc1ccccc1[C@H](Cn1c(=O)n(C(C)(C)C(=O)CC(C)(C)[Si](O)(c2ccccc2)c2ccccc2)c(=O)c2c(C)c(Br)sc21)OC1CCOCC1. The van der Waals surface area contributed by atoms with Gasteiger partial charge in [0.1, 0.15) is 22.2 Å². The molecule has 0 amide bonds. The van der Waals surface area contributed by atoms with Crippen LogP contribution in [0.2, 0.25) is 5.04 Å². The van der Waals surface area contributed by atoms with E-state index < -0.39 is 36.2 Å². The van der Waals surface area contributed by atoms with Crippen LogP contribution in [0.15, 0.2) is 98.3 Å². The molecule has 6 rings (SSSR count). The summed E-state index contributed by atoms with van der Waals surface area (Å²) in [6.07, 6.45) is 0.614. The van der Waals surface area contributed by atoms with Crippen LogP contribution in [0.1, 0.15) is 71.1 Å². The molecule has 12 heteroatoms. The Morgan fingerprint density at radius 3 is 2.13 bits per heavy atom. The van der Waals surface area contributed by atoms with Gasteiger partial charge < -0.3 is 19.0 Å². The average Bonchev–Trinajstić information content (AvgIpc) is 3.46. The predicted molar refractivity (Wildman–Crippen MR) is 221 cm³/mol. The molecule has 2 aromatic heterocycles. The van der Waals surface area contributed by atoms with Gasteiger partial charge >= 0.3 is 5.69 Å². The number of rotatable bonds is 14. The molecule has 1 N–H and O–H groups in total. The smallest absolute Gasteiger partial charge is 0.333 e. The summed E-state index contributed by atoms with van der Waals surface area (Å²) in [6, 6.07) is 26.7. The fraction of sp³-hybridized carbons (Fsp3) is 0.405. The minimum Gasteiger partial charge on any atom is -0.493 e. The Bertz CT molecular complexity index is 2190. The van der Waals surface area contributed by atoms with E-state index in [1.165, 1.54) is 11.3 Å². The number of hydrogen-bond donors (Lipinski definition) is 1. The summed E-state index contributed by atoms with van der Waals surface area (Å²) < 4.78 is 21.9. The third-order valence-electron chi connectivity index (χ3n) is 10.8. The number of Topliss-reactive ketones (excluding diaryl/α,β-unsaturated/α-hetero) is 1. The van der Waals surface area contributed by atoms with Gasteiger partial charge in [0, 0.05) is 25.2 Å². The molecule has 0 radical (unpaired) electrons. The first-order valence-electron chi connectivity index (χ1n) is 18.5. The number of benzene rings is 3. The number of para-hydroxylation sites is 1. The Kier molecular flexibility index (Phi) is 12.0. The number of thiophene rings is 1. The third-order valence-corrected chi connectivity index (χ3v) is 17.5. The van der Waals surface area contributed by atoms with E-state index in [1.807, 2.05) is 113 Å². The molecule has 3 heterocycles. The number of nitrogens with zero attached hydrogens (tertiary/aromatic N) is 2. The molecule has 1 atom stereocenters. The number of carbonyl (C=O) groups excluding carboxylic acids is 1. The van der Waals surface area contributed by atoms with Gasteiger partial charge in [0.15, 0.2) is 5.78 Å². The standard InChI is InChI=1S/C42H49BrN2O7SSi/c1-7-51-33-21-15-14-20-32(33)34(52-29-22-24-50-25-23-29)27-44-39-36(28(2)37(43)53-39)38(47)45(40(44)48)42(5,6)35(46)26-41(3,4)54(49,30-16-10-8-11-17-30)31-18-12-9-13-19-31/h8-21,29,34,49H,7,22-27H2,1-6H3/t34-/m0/s1. The summed E-state index contributed by atoms with van der Waals surface area (Å²) in [5.41, 5.74) is -1.23. The molecule has 1 aliphatic rings. The topological polar surface area (TPSA) is 109 Å². The summed E-state index contributed by atoms with van der Waals surface area (Å²) >= 11 is 4.95. The second-order valence-corrected chi connectivity index (χ2v) is 21.4. The van der Waals surface area contributed by atoms with Gasteiger partial charge in [-0.25, -0.2) is 9.36 Å². The number of aryl methyl sites for hydroxylation is 1. The van der Waals surface area contributed by atoms with E-state index in [4.69, 9.17) is 14.2 Å². The van der Waals surface area contributed by atoms with Crippen LogP contribution >= 0.6 is 27.3 Å². The number of fused-ring (bicyclic) bond motifs is 1. The highest BCUT2D eigenvalue weighted by atomic mass is 79.9. The molecule has 0 bridgehead atoms. The lowest BCUT2D eigenvalue weighted by molar-refractivity contribution is -0.127. The molecule has 3 aromatic carbocycles. The van der Waals surface area contributed by atoms with Gasteiger partial charge in [-0.3, -0.25) is 14.2 Å². The van der Waals surface area contributed by atoms with Crippen molar-refractivity contribution < 1.29 is 23.8 Å². The molecular weight excluding hydrogens is 785 g/mol. The molecule has 0 saturated carbocycles. The number of aromatic nitrogens is 2. The lowest BCUT2D eigenvalue weighted by Crippen LogP contribution is -2.66. The van der Waals surface area contributed by atoms with Crippen LogP contribution in [-0.4, -0.2) is 54.0 Å². The van der Waals surface area contributed by atoms with Gasteiger partial charge in [-0.15, -0.1) is 11.3 Å². The van der Waals surface area contributed by atoms with E-state index >= 15 is 0 Å². The number of ether oxygens (including phenoxy) is 3. The zero-order valence-electron chi connectivity index (χ0n) is 31.8. The average molecular weight is 834 g/mol. The van der Waals surface area contributed by atoms with Crippen LogP contribution in [0.4, 0.5) is 0 Å². The van der Waals surface area contributed by atoms with Gasteiger partial charge in [-0.05, 0) is 83.5 Å². The first-order valence-corrected chi connectivity index (χ1v) is 22.0. The molecular formula is C42H49BrN2O7SSi. The highest BCUT2D eigenvalue weighted by molar-refractivity contribution is 9.11. The van der Waals surface area contributed by atoms with Crippen LogP contribution < -0.4 is 26.4 Å². The van der Waals surface area contributed by atoms with Crippen molar-refractivity contribution >= 4 is 62.0 Å². The highest BCUT2D eigenvalue weighted by Crippen LogP contribution is 2.41. The molecule has 0 unspecified atom stereocenters. The minimum atomic E-state index is -3.59. The lowest BCUT2D eigenvalue weighted by Gasteiger charge is -2.42. The second-order valence-electron chi connectivity index (χ2n) is 15.1. The Morgan fingerprint density at radius 1 is 0.963 bits per heavy atom. The first-order chi connectivity index (χ1) is 25.7. The zero-order chi connectivity index (χ0) is 38.8. The van der Waals surface area contributed by atoms with Gasteiger partial charge in [0.2, 0.25) is 0 Å². The Balaban J connectivity index is 1.47. The van der Waals surface area contributed by atoms with Crippen molar-refractivity contribution in [2.75, 3.05) is 19.8 Å². The molecule has 286 valence electrons. The summed E-state index contributed by atoms with van der Waals surface area (Å²) in [7, 11) is -3.59. The third kappa shape index (κ3) is 7.48. The van der Waals surface area contributed by atoms with E-state index in [1.54, 1.807) is 18.4 Å². The van der Waals surface area contributed by atoms with Crippen molar-refractivity contribution in [1.29, 1.82) is 0 Å². The van der Waals surface area contributed by atoms with E-state index in [9.17, 15) is 19.2 Å². The van der Waals surface area contributed by atoms with Crippen molar-refractivity contribution in [3.05, 3.63) is 121 Å². The van der Waals surface area contributed by atoms with Crippen molar-refractivity contribution in [1.82, 2.24) is 9.13 Å². The summed E-state index contributed by atoms with van der Waals surface area (Å²) in [4.78, 5) is 57.7. The lowest BCUT2D eigenvalue weighted by atomic mass is 9.91. The maximum atomic E-state index is 15.0. The molecule has 5 aromatic rings. The van der Waals surface area contributed by atoms with Gasteiger partial charge in [0.25, 0.3) is 13.9 Å². The summed E-state index contributed by atoms with van der Waals surface area (Å²) in [5, 5.41) is 0.974. The van der Waals surface area contributed by atoms with Crippen LogP contribution in [0.5, 0.6) is 5.75 Å². The summed E-state index contributed by atoms with van der Waals surface area (Å²) in [5.74, 6) is 0.323. The molecule has 0 aliphatic carbocycles. The van der Waals surface area contributed by atoms with E-state index in [2.05, 4.69) is 15.9 Å². The van der Waals surface area contributed by atoms with Crippen LogP contribution in [0.3, 0.4) is 0 Å². The van der Waals surface area contributed by atoms with Crippen LogP contribution in [0, 0.1) is 6.92 Å². The van der Waals surface area contributed by atoms with E-state index in [0.29, 0.717) is 54.2 Å². The Labute approximate surface area is 329 Å². The predicted octanol–water partition coefficient (Wildman–Crippen LogP) is 6.86. The normalized spacial score (nSPS) is 15.0. The number of ketones is 1. The highest BCUT2D eigenvalue weighted by Gasteiger charge is 2.52. The van der Waals surface area contributed by atoms with Gasteiger partial charge in [-0.2, -0.15) is 0 Å². The fourth-order valence-corrected chi connectivity index (χ4v) is 13.0. The molecule has 0 spiro atoms. The Morgan fingerprint density at radius 2 is 1.54 bits per heavy atom. The van der Waals surface area contributed by atoms with Crippen molar-refractivity contribution in [3.8, 4) is 5.75 Å². The zero-order valence-corrected chi connectivity index (χ0v) is 35.2. The van der Waals surface area contributed by atoms with Crippen molar-refractivity contribution in [2.45, 2.75) is 90.1 Å². The largest absolute Gasteiger partial charge is 0.493 e. The molecule has 1 aliphatic heterocycles. The molecule has 1 saturated heterocycles. The monoisotopic (exact) mass is 832 g/mol. The van der Waals surface area contributed by atoms with Crippen LogP contribution in [0.25, 0.3) is 10.2 Å². The quantitative estimate of drug-likeness (QED) is 0.122. The maximum Gasteiger partial charge on any atom is 0.333 e. The van der Waals surface area contributed by atoms with Gasteiger partial charge in [0.05, 0.1) is 28.4 Å². The minimum absolute atomic E-state index is 0.0773. The van der Waals surface area contributed by atoms with Crippen LogP contribution in [-0.2, 0) is 26.4 Å². The van der Waals surface area contributed by atoms with E-state index in [-0.39, 0.29) is 24.9 Å². The van der Waals surface area contributed by atoms with Crippen molar-refractivity contribution in [3.63, 3.8) is 0 Å². The number of carbonyl (C=O) groups is 1. The number of hydrogen-bond acceptors (Lipinski definition) is 8. The molecule has 9 nitrogen and oxygen atoms in total. The number of halogens is 1. The molecule has 54 heavy (non-hydrogen) atoms. The maximum absolute atomic E-state index is 15.0. The summed E-state index contributed by atoms with van der Waals surface area (Å²) in [6.45, 7) is 12.5. The molecule has 1 fully saturated rings. The van der Waals surface area contributed by atoms with Gasteiger partial charge in [-0.1, -0.05) is 92.7 Å².